The first-order valence-corrected chi connectivity index (χ1v) is 6.90. The van der Waals surface area contributed by atoms with Crippen LogP contribution in [0.1, 0.15) is 12.5 Å². The summed E-state index contributed by atoms with van der Waals surface area (Å²) in [5.74, 6) is -0.222. The van der Waals surface area contributed by atoms with Crippen LogP contribution in [0.4, 0.5) is 0 Å². The molecule has 0 saturated heterocycles. The molecule has 94 valence electrons. The quantitative estimate of drug-likeness (QED) is 0.716. The molecule has 0 aliphatic carbocycles. The van der Waals surface area contributed by atoms with E-state index in [1.807, 2.05) is 6.07 Å². The second-order valence-corrected chi connectivity index (χ2v) is 5.43. The molecule has 0 unspecified atom stereocenters. The fraction of sp³-hybridized carbons (Fsp3) is 0.364. The van der Waals surface area contributed by atoms with Gasteiger partial charge in [0.25, 0.3) is 0 Å². The van der Waals surface area contributed by atoms with Crippen LogP contribution < -0.4 is 10.0 Å². The van der Waals surface area contributed by atoms with Crippen LogP contribution in [0.2, 0.25) is 0 Å². The Kier molecular flexibility index (Phi) is 5.11. The molecule has 0 spiro atoms. The second-order valence-electron chi connectivity index (χ2n) is 3.62. The fourth-order valence-corrected chi connectivity index (χ4v) is 2.44. The highest BCUT2D eigenvalue weighted by molar-refractivity contribution is 7.88. The van der Waals surface area contributed by atoms with Crippen molar-refractivity contribution in [2.45, 2.75) is 12.7 Å². The van der Waals surface area contributed by atoms with E-state index < -0.39 is 10.0 Å². The smallest absolute Gasteiger partial charge is 0.216 e. The van der Waals surface area contributed by atoms with E-state index in [0.717, 1.165) is 5.56 Å². The second kappa shape index (κ2) is 6.36. The third-order valence-electron chi connectivity index (χ3n) is 2.02. The van der Waals surface area contributed by atoms with E-state index in [4.69, 9.17) is 0 Å². The summed E-state index contributed by atoms with van der Waals surface area (Å²) in [6.07, 6.45) is 0. The highest BCUT2D eigenvalue weighted by Crippen LogP contribution is 2.03. The van der Waals surface area contributed by atoms with Crippen molar-refractivity contribution in [2.75, 3.05) is 13.1 Å². The van der Waals surface area contributed by atoms with Crippen molar-refractivity contribution in [3.05, 3.63) is 35.9 Å². The Morgan fingerprint density at radius 3 is 2.41 bits per heavy atom. The van der Waals surface area contributed by atoms with Gasteiger partial charge in [0, 0.05) is 20.0 Å². The van der Waals surface area contributed by atoms with Crippen molar-refractivity contribution in [1.82, 2.24) is 10.0 Å². The zero-order chi connectivity index (χ0) is 12.7. The molecule has 1 amide bonds. The SMILES string of the molecule is CC(=O)NCCNS(=O)(=O)Cc1ccccc1. The van der Waals surface area contributed by atoms with Gasteiger partial charge in [0.15, 0.2) is 0 Å². The van der Waals surface area contributed by atoms with E-state index in [2.05, 4.69) is 10.0 Å². The van der Waals surface area contributed by atoms with E-state index in [1.54, 1.807) is 24.3 Å². The first-order valence-electron chi connectivity index (χ1n) is 5.25. The Hall–Kier alpha value is -1.40. The lowest BCUT2D eigenvalue weighted by atomic mass is 10.2. The molecular formula is C11H16N2O3S. The van der Waals surface area contributed by atoms with Gasteiger partial charge >= 0.3 is 0 Å². The van der Waals surface area contributed by atoms with E-state index in [1.165, 1.54) is 6.92 Å². The van der Waals surface area contributed by atoms with Gasteiger partial charge in [0.05, 0.1) is 5.75 Å². The third-order valence-corrected chi connectivity index (χ3v) is 3.38. The molecule has 0 aromatic heterocycles. The standard InChI is InChI=1S/C11H16N2O3S/c1-10(14)12-7-8-13-17(15,16)9-11-5-3-2-4-6-11/h2-6,13H,7-9H2,1H3,(H,12,14). The van der Waals surface area contributed by atoms with Gasteiger partial charge in [-0.1, -0.05) is 30.3 Å². The first kappa shape index (κ1) is 13.7. The summed E-state index contributed by atoms with van der Waals surface area (Å²) < 4.78 is 25.7. The predicted molar refractivity (Wildman–Crippen MR) is 65.8 cm³/mol. The first-order chi connectivity index (χ1) is 7.99. The minimum absolute atomic E-state index is 0.0477. The van der Waals surface area contributed by atoms with E-state index in [-0.39, 0.29) is 18.2 Å². The molecule has 0 bridgehead atoms. The van der Waals surface area contributed by atoms with Crippen molar-refractivity contribution >= 4 is 15.9 Å². The molecule has 0 saturated carbocycles. The lowest BCUT2D eigenvalue weighted by Gasteiger charge is -2.06. The zero-order valence-corrected chi connectivity index (χ0v) is 10.5. The van der Waals surface area contributed by atoms with Crippen LogP contribution >= 0.6 is 0 Å². The molecule has 1 rings (SSSR count). The lowest BCUT2D eigenvalue weighted by Crippen LogP contribution is -2.34. The summed E-state index contributed by atoms with van der Waals surface area (Å²) in [4.78, 5) is 10.6. The minimum atomic E-state index is -3.33. The molecular weight excluding hydrogens is 240 g/mol. The maximum atomic E-state index is 11.6. The van der Waals surface area contributed by atoms with Crippen molar-refractivity contribution < 1.29 is 13.2 Å². The van der Waals surface area contributed by atoms with Crippen LogP contribution in [-0.4, -0.2) is 27.4 Å². The van der Waals surface area contributed by atoms with E-state index in [9.17, 15) is 13.2 Å². The summed E-state index contributed by atoms with van der Waals surface area (Å²) >= 11 is 0. The van der Waals surface area contributed by atoms with Gasteiger partial charge in [-0.2, -0.15) is 0 Å². The number of sulfonamides is 1. The number of benzene rings is 1. The van der Waals surface area contributed by atoms with Crippen LogP contribution in [0.5, 0.6) is 0 Å². The van der Waals surface area contributed by atoms with Crippen LogP contribution in [0.25, 0.3) is 0 Å². The largest absolute Gasteiger partial charge is 0.355 e. The summed E-state index contributed by atoms with van der Waals surface area (Å²) in [5, 5.41) is 2.52. The molecule has 0 aliphatic heterocycles. The van der Waals surface area contributed by atoms with Crippen molar-refractivity contribution in [3.63, 3.8) is 0 Å². The summed E-state index contributed by atoms with van der Waals surface area (Å²) in [7, 11) is -3.33. The molecule has 2 N–H and O–H groups in total. The predicted octanol–water partition coefficient (Wildman–Crippen LogP) is 0.242. The van der Waals surface area contributed by atoms with Crippen molar-refractivity contribution in [2.24, 2.45) is 0 Å². The van der Waals surface area contributed by atoms with Crippen LogP contribution in [0.15, 0.2) is 30.3 Å². The van der Waals surface area contributed by atoms with Crippen molar-refractivity contribution in [1.29, 1.82) is 0 Å². The van der Waals surface area contributed by atoms with Crippen LogP contribution in [-0.2, 0) is 20.6 Å². The van der Waals surface area contributed by atoms with Gasteiger partial charge in [-0.3, -0.25) is 4.79 Å². The lowest BCUT2D eigenvalue weighted by molar-refractivity contribution is -0.118. The van der Waals surface area contributed by atoms with E-state index in [0.29, 0.717) is 6.54 Å². The highest BCUT2D eigenvalue weighted by Gasteiger charge is 2.10. The number of carbonyl (C=O) groups is 1. The summed E-state index contributed by atoms with van der Waals surface area (Å²) in [6.45, 7) is 1.89. The Bertz CT molecular complexity index is 457. The molecule has 1 aromatic rings. The molecule has 0 atom stereocenters. The molecule has 1 aromatic carbocycles. The minimum Gasteiger partial charge on any atom is -0.355 e. The fourth-order valence-electron chi connectivity index (χ4n) is 1.29. The molecule has 5 nitrogen and oxygen atoms in total. The maximum Gasteiger partial charge on any atom is 0.216 e. The monoisotopic (exact) mass is 256 g/mol. The number of amides is 1. The Balaban J connectivity index is 2.39. The Morgan fingerprint density at radius 1 is 1.18 bits per heavy atom. The Morgan fingerprint density at radius 2 is 1.82 bits per heavy atom. The number of nitrogens with one attached hydrogen (secondary N) is 2. The van der Waals surface area contributed by atoms with Crippen LogP contribution in [0.3, 0.4) is 0 Å². The maximum absolute atomic E-state index is 11.6. The topological polar surface area (TPSA) is 75.3 Å². The third kappa shape index (κ3) is 6.03. The highest BCUT2D eigenvalue weighted by atomic mass is 32.2. The number of rotatable bonds is 6. The van der Waals surface area contributed by atoms with E-state index >= 15 is 0 Å². The molecule has 0 radical (unpaired) electrons. The molecule has 17 heavy (non-hydrogen) atoms. The summed E-state index contributed by atoms with van der Waals surface area (Å²) in [5.41, 5.74) is 0.736. The van der Waals surface area contributed by atoms with Crippen LogP contribution in [0, 0.1) is 0 Å². The molecule has 0 aliphatic rings. The van der Waals surface area contributed by atoms with Gasteiger partial charge in [0.2, 0.25) is 15.9 Å². The summed E-state index contributed by atoms with van der Waals surface area (Å²) in [6, 6.07) is 8.94. The van der Waals surface area contributed by atoms with Gasteiger partial charge in [0.1, 0.15) is 0 Å². The number of hydrogen-bond donors (Lipinski definition) is 2. The normalized spacial score (nSPS) is 11.1. The number of hydrogen-bond acceptors (Lipinski definition) is 3. The van der Waals surface area contributed by atoms with Gasteiger partial charge < -0.3 is 5.32 Å². The average molecular weight is 256 g/mol. The van der Waals surface area contributed by atoms with Crippen molar-refractivity contribution in [3.8, 4) is 0 Å². The Labute approximate surface area is 101 Å². The van der Waals surface area contributed by atoms with Gasteiger partial charge in [-0.25, -0.2) is 13.1 Å². The van der Waals surface area contributed by atoms with Gasteiger partial charge in [-0.05, 0) is 5.56 Å². The molecule has 0 heterocycles. The zero-order valence-electron chi connectivity index (χ0n) is 9.64. The molecule has 6 heteroatoms. The number of carbonyl (C=O) groups excluding carboxylic acids is 1. The van der Waals surface area contributed by atoms with Gasteiger partial charge in [-0.15, -0.1) is 0 Å². The average Bonchev–Trinajstić information content (AvgIpc) is 2.25. The molecule has 0 fully saturated rings.